The Hall–Kier alpha value is -0.610. The maximum absolute atomic E-state index is 4.92. The molecule has 2 aliphatic rings. The van der Waals surface area contributed by atoms with Crippen molar-refractivity contribution >= 4 is 11.8 Å². The van der Waals surface area contributed by atoms with Gasteiger partial charge in [-0.25, -0.2) is 9.97 Å². The number of hydrogen-bond donors (Lipinski definition) is 1. The zero-order chi connectivity index (χ0) is 14.5. The zero-order valence-electron chi connectivity index (χ0n) is 13.1. The highest BCUT2D eigenvalue weighted by Crippen LogP contribution is 2.37. The van der Waals surface area contributed by atoms with Crippen molar-refractivity contribution in [3.8, 4) is 0 Å². The quantitative estimate of drug-likeness (QED) is 0.844. The fraction of sp³-hybridized carbons (Fsp3) is 0.765. The third-order valence-corrected chi connectivity index (χ3v) is 5.97. The molecule has 1 aromatic rings. The Morgan fingerprint density at radius 2 is 2.29 bits per heavy atom. The Kier molecular flexibility index (Phi) is 5.53. The number of nitrogens with one attached hydrogen (secondary N) is 1. The van der Waals surface area contributed by atoms with E-state index in [0.29, 0.717) is 5.25 Å². The van der Waals surface area contributed by atoms with E-state index >= 15 is 0 Å². The molecule has 1 aromatic heterocycles. The monoisotopic (exact) mass is 305 g/mol. The van der Waals surface area contributed by atoms with Crippen LogP contribution < -0.4 is 5.32 Å². The van der Waals surface area contributed by atoms with Crippen molar-refractivity contribution in [2.75, 3.05) is 18.8 Å². The van der Waals surface area contributed by atoms with Gasteiger partial charge in [-0.05, 0) is 68.8 Å². The van der Waals surface area contributed by atoms with Gasteiger partial charge in [-0.15, -0.1) is 0 Å². The van der Waals surface area contributed by atoms with Crippen molar-refractivity contribution in [2.45, 2.75) is 57.1 Å². The molecule has 116 valence electrons. The van der Waals surface area contributed by atoms with E-state index < -0.39 is 0 Å². The molecule has 1 saturated heterocycles. The van der Waals surface area contributed by atoms with Gasteiger partial charge in [0.15, 0.2) is 0 Å². The Morgan fingerprint density at radius 3 is 3.10 bits per heavy atom. The van der Waals surface area contributed by atoms with E-state index in [2.05, 4.69) is 18.4 Å². The van der Waals surface area contributed by atoms with E-state index in [9.17, 15) is 0 Å². The van der Waals surface area contributed by atoms with E-state index in [4.69, 9.17) is 9.97 Å². The van der Waals surface area contributed by atoms with Crippen LogP contribution in [-0.2, 0) is 12.8 Å². The first-order valence-electron chi connectivity index (χ1n) is 8.54. The molecule has 0 saturated carbocycles. The van der Waals surface area contributed by atoms with Gasteiger partial charge in [-0.2, -0.15) is 11.8 Å². The second-order valence-corrected chi connectivity index (χ2v) is 7.68. The van der Waals surface area contributed by atoms with Crippen molar-refractivity contribution < 1.29 is 0 Å². The molecular weight excluding hydrogens is 278 g/mol. The Balaban J connectivity index is 1.62. The molecule has 2 unspecified atom stereocenters. The fourth-order valence-electron chi connectivity index (χ4n) is 3.36. The van der Waals surface area contributed by atoms with Gasteiger partial charge in [-0.3, -0.25) is 0 Å². The minimum Gasteiger partial charge on any atom is -0.316 e. The standard InChI is InChI=1S/C17H27N3S/c1-2-8-18-11-13-6-7-15-14(10-13)12-19-17(20-15)16-5-3-4-9-21-16/h12-13,16,18H,2-11H2,1H3. The van der Waals surface area contributed by atoms with Gasteiger partial charge in [0.1, 0.15) is 5.82 Å². The summed E-state index contributed by atoms with van der Waals surface area (Å²) in [6, 6.07) is 0. The van der Waals surface area contributed by atoms with Crippen LogP contribution in [0.1, 0.15) is 61.4 Å². The molecule has 1 aliphatic heterocycles. The first kappa shape index (κ1) is 15.3. The molecule has 1 N–H and O–H groups in total. The molecule has 3 nitrogen and oxygen atoms in total. The highest BCUT2D eigenvalue weighted by Gasteiger charge is 2.23. The summed E-state index contributed by atoms with van der Waals surface area (Å²) < 4.78 is 0. The summed E-state index contributed by atoms with van der Waals surface area (Å²) in [6.45, 7) is 4.51. The molecule has 1 aliphatic carbocycles. The summed E-state index contributed by atoms with van der Waals surface area (Å²) >= 11 is 2.05. The third-order valence-electron chi connectivity index (χ3n) is 4.60. The number of aromatic nitrogens is 2. The first-order chi connectivity index (χ1) is 10.4. The van der Waals surface area contributed by atoms with Gasteiger partial charge >= 0.3 is 0 Å². The number of fused-ring (bicyclic) bond motifs is 1. The van der Waals surface area contributed by atoms with Gasteiger partial charge in [0.25, 0.3) is 0 Å². The van der Waals surface area contributed by atoms with E-state index in [1.807, 2.05) is 11.8 Å². The molecule has 1 fully saturated rings. The lowest BCUT2D eigenvalue weighted by molar-refractivity contribution is 0.419. The smallest absolute Gasteiger partial charge is 0.141 e. The molecule has 21 heavy (non-hydrogen) atoms. The van der Waals surface area contributed by atoms with Gasteiger partial charge < -0.3 is 5.32 Å². The van der Waals surface area contributed by atoms with E-state index in [1.165, 1.54) is 49.1 Å². The van der Waals surface area contributed by atoms with Crippen LogP contribution in [0.2, 0.25) is 0 Å². The number of nitrogens with zero attached hydrogens (tertiary/aromatic N) is 2. The number of aryl methyl sites for hydroxylation is 1. The van der Waals surface area contributed by atoms with Crippen LogP contribution >= 0.6 is 11.8 Å². The van der Waals surface area contributed by atoms with E-state index in [-0.39, 0.29) is 0 Å². The van der Waals surface area contributed by atoms with Crippen molar-refractivity contribution in [2.24, 2.45) is 5.92 Å². The molecule has 0 radical (unpaired) electrons. The van der Waals surface area contributed by atoms with Crippen LogP contribution in [0.4, 0.5) is 0 Å². The first-order valence-corrected chi connectivity index (χ1v) is 9.58. The zero-order valence-corrected chi connectivity index (χ0v) is 13.9. The summed E-state index contributed by atoms with van der Waals surface area (Å²) in [5.41, 5.74) is 2.73. The third kappa shape index (κ3) is 3.98. The second-order valence-electron chi connectivity index (χ2n) is 6.37. The predicted molar refractivity (Wildman–Crippen MR) is 89.8 cm³/mol. The molecular formula is C17H27N3S. The van der Waals surface area contributed by atoms with Gasteiger partial charge in [0, 0.05) is 11.9 Å². The van der Waals surface area contributed by atoms with E-state index in [0.717, 1.165) is 37.7 Å². The highest BCUT2D eigenvalue weighted by molar-refractivity contribution is 7.99. The lowest BCUT2D eigenvalue weighted by Crippen LogP contribution is -2.28. The minimum atomic E-state index is 0.549. The fourth-order valence-corrected chi connectivity index (χ4v) is 4.61. The molecule has 2 heterocycles. The Morgan fingerprint density at radius 1 is 1.33 bits per heavy atom. The number of hydrogen-bond acceptors (Lipinski definition) is 4. The number of rotatable bonds is 5. The maximum atomic E-state index is 4.92. The minimum absolute atomic E-state index is 0.549. The van der Waals surface area contributed by atoms with Gasteiger partial charge in [0.2, 0.25) is 0 Å². The molecule has 4 heteroatoms. The van der Waals surface area contributed by atoms with Crippen LogP contribution in [0, 0.1) is 5.92 Å². The van der Waals surface area contributed by atoms with Crippen molar-refractivity contribution in [3.05, 3.63) is 23.3 Å². The van der Waals surface area contributed by atoms with Crippen molar-refractivity contribution in [3.63, 3.8) is 0 Å². The van der Waals surface area contributed by atoms with Gasteiger partial charge in [-0.1, -0.05) is 13.3 Å². The van der Waals surface area contributed by atoms with E-state index in [1.54, 1.807) is 0 Å². The second kappa shape index (κ2) is 7.59. The molecule has 0 amide bonds. The lowest BCUT2D eigenvalue weighted by Gasteiger charge is -2.26. The molecule has 0 spiro atoms. The molecule has 3 rings (SSSR count). The predicted octanol–water partition coefficient (Wildman–Crippen LogP) is 3.54. The van der Waals surface area contributed by atoms with Gasteiger partial charge in [0.05, 0.1) is 5.25 Å². The maximum Gasteiger partial charge on any atom is 0.141 e. The Labute approximate surface area is 132 Å². The molecule has 0 aromatic carbocycles. The topological polar surface area (TPSA) is 37.8 Å². The summed E-state index contributed by atoms with van der Waals surface area (Å²) in [5, 5.41) is 4.10. The highest BCUT2D eigenvalue weighted by atomic mass is 32.2. The summed E-state index contributed by atoms with van der Waals surface area (Å²) in [6.07, 6.45) is 10.9. The van der Waals surface area contributed by atoms with Crippen LogP contribution in [0.25, 0.3) is 0 Å². The van der Waals surface area contributed by atoms with Crippen LogP contribution in [0.5, 0.6) is 0 Å². The van der Waals surface area contributed by atoms with Crippen molar-refractivity contribution in [1.29, 1.82) is 0 Å². The summed E-state index contributed by atoms with van der Waals surface area (Å²) in [4.78, 5) is 9.61. The lowest BCUT2D eigenvalue weighted by atomic mass is 9.87. The van der Waals surface area contributed by atoms with Crippen molar-refractivity contribution in [1.82, 2.24) is 15.3 Å². The average molecular weight is 305 g/mol. The molecule has 0 bridgehead atoms. The average Bonchev–Trinajstić information content (AvgIpc) is 2.55. The van der Waals surface area contributed by atoms with Crippen LogP contribution in [0.3, 0.4) is 0 Å². The normalized spacial score (nSPS) is 25.6. The van der Waals surface area contributed by atoms with Crippen LogP contribution in [-0.4, -0.2) is 28.8 Å². The SMILES string of the molecule is CCCNCC1CCc2nc(C3CCCCS3)ncc2C1. The largest absolute Gasteiger partial charge is 0.316 e. The molecule has 2 atom stereocenters. The van der Waals surface area contributed by atoms with Crippen LogP contribution in [0.15, 0.2) is 6.20 Å². The summed E-state index contributed by atoms with van der Waals surface area (Å²) in [5.74, 6) is 3.14. The number of thioether (sulfide) groups is 1. The Bertz CT molecular complexity index is 457. The summed E-state index contributed by atoms with van der Waals surface area (Å²) in [7, 11) is 0.